The molecule has 0 radical (unpaired) electrons. The van der Waals surface area contributed by atoms with Crippen molar-refractivity contribution in [3.05, 3.63) is 102 Å². The highest BCUT2D eigenvalue weighted by Crippen LogP contribution is 2.50. The van der Waals surface area contributed by atoms with Crippen LogP contribution in [0.25, 0.3) is 5.57 Å². The average Bonchev–Trinajstić information content (AvgIpc) is 3.29. The summed E-state index contributed by atoms with van der Waals surface area (Å²) >= 11 is 0. The fourth-order valence-electron chi connectivity index (χ4n) is 5.27. The maximum atomic E-state index is 15.4. The summed E-state index contributed by atoms with van der Waals surface area (Å²) in [7, 11) is -6.64. The number of likely N-dealkylation sites (N-methyl/N-ethyl adjacent to an activating group) is 1. The van der Waals surface area contributed by atoms with Crippen molar-refractivity contribution < 1.29 is 21.2 Å². The lowest BCUT2D eigenvalue weighted by molar-refractivity contribution is 0.557. The van der Waals surface area contributed by atoms with E-state index < -0.39 is 30.5 Å². The molecular weight excluding hydrogens is 527 g/mol. The number of primary sulfonamides is 1. The molecule has 3 aromatic rings. The number of aryl methyl sites for hydroxylation is 1. The van der Waals surface area contributed by atoms with E-state index >= 15 is 4.39 Å². The fourth-order valence-corrected chi connectivity index (χ4v) is 7.86. The number of sulfone groups is 1. The molecule has 1 atom stereocenters. The SMILES string of the molecule is CNCC1=CC(N2CCCc3ccc(S(N)(=O)=O)cc32)(S(=O)(=O)c2cccnc2)C(c2ccccc2F)=C1. The Balaban J connectivity index is 1.88. The van der Waals surface area contributed by atoms with Gasteiger partial charge in [0.25, 0.3) is 0 Å². The van der Waals surface area contributed by atoms with Crippen LogP contribution in [0.5, 0.6) is 0 Å². The minimum absolute atomic E-state index is 0.0427. The van der Waals surface area contributed by atoms with E-state index in [1.54, 1.807) is 48.4 Å². The molecule has 2 heterocycles. The van der Waals surface area contributed by atoms with Gasteiger partial charge in [-0.25, -0.2) is 26.4 Å². The van der Waals surface area contributed by atoms with Crippen LogP contribution in [0.2, 0.25) is 0 Å². The number of nitrogens with zero attached hydrogens (tertiary/aromatic N) is 2. The standard InChI is InChI=1S/C27H27FN4O4S2/c1-30-17-19-14-24(23-8-2-3-9-25(23)28)27(16-19,37(33,34)22-7-4-12-31-18-22)32-13-5-6-20-10-11-21(15-26(20)32)38(29,35)36/h2-4,7-12,14-16,18,30H,5-6,13,17H2,1H3,(H2,29,35,36). The van der Waals surface area contributed by atoms with Crippen LogP contribution in [0, 0.1) is 5.82 Å². The lowest BCUT2D eigenvalue weighted by atomic mass is 9.94. The average molecular weight is 555 g/mol. The van der Waals surface area contributed by atoms with Crippen molar-refractivity contribution in [2.75, 3.05) is 25.0 Å². The Kier molecular flexibility index (Phi) is 6.72. The van der Waals surface area contributed by atoms with Crippen LogP contribution in [0.4, 0.5) is 10.1 Å². The summed E-state index contributed by atoms with van der Waals surface area (Å²) in [6.45, 7) is 0.607. The molecule has 0 fully saturated rings. The Labute approximate surface area is 221 Å². The molecule has 1 unspecified atom stereocenters. The number of hydrogen-bond acceptors (Lipinski definition) is 7. The van der Waals surface area contributed by atoms with Crippen molar-refractivity contribution in [1.29, 1.82) is 0 Å². The number of nitrogens with two attached hydrogens (primary N) is 1. The van der Waals surface area contributed by atoms with Gasteiger partial charge in [0.15, 0.2) is 4.87 Å². The molecule has 2 aromatic carbocycles. The third-order valence-corrected chi connectivity index (χ3v) is 10.1. The first kappa shape index (κ1) is 26.2. The molecular formula is C27H27FN4O4S2. The number of hydrogen-bond donors (Lipinski definition) is 2. The van der Waals surface area contributed by atoms with Gasteiger partial charge in [-0.3, -0.25) is 4.98 Å². The van der Waals surface area contributed by atoms with Crippen molar-refractivity contribution in [2.45, 2.75) is 27.5 Å². The van der Waals surface area contributed by atoms with Gasteiger partial charge in [-0.1, -0.05) is 30.3 Å². The molecule has 1 aromatic heterocycles. The minimum atomic E-state index is -4.31. The van der Waals surface area contributed by atoms with Gasteiger partial charge in [0.05, 0.1) is 9.79 Å². The molecule has 3 N–H and O–H groups in total. The summed E-state index contributed by atoms with van der Waals surface area (Å²) in [5, 5.41) is 8.49. The van der Waals surface area contributed by atoms with Crippen LogP contribution < -0.4 is 15.4 Å². The van der Waals surface area contributed by atoms with Gasteiger partial charge in [0.2, 0.25) is 19.9 Å². The Hall–Kier alpha value is -3.38. The van der Waals surface area contributed by atoms with Gasteiger partial charge < -0.3 is 10.2 Å². The van der Waals surface area contributed by atoms with E-state index in [1.807, 2.05) is 0 Å². The van der Waals surface area contributed by atoms with Gasteiger partial charge in [-0.2, -0.15) is 0 Å². The Bertz CT molecular complexity index is 1670. The molecule has 5 rings (SSSR count). The molecule has 1 aliphatic carbocycles. The number of halogens is 1. The number of fused-ring (bicyclic) bond motifs is 1. The zero-order valence-corrected chi connectivity index (χ0v) is 22.3. The first-order chi connectivity index (χ1) is 18.1. The molecule has 0 saturated carbocycles. The number of nitrogens with one attached hydrogen (secondary N) is 1. The number of anilines is 1. The van der Waals surface area contributed by atoms with Crippen LogP contribution >= 0.6 is 0 Å². The minimum Gasteiger partial charge on any atom is -0.345 e. The molecule has 1 aliphatic heterocycles. The van der Waals surface area contributed by atoms with Crippen molar-refractivity contribution in [1.82, 2.24) is 10.3 Å². The lowest BCUT2D eigenvalue weighted by Gasteiger charge is -2.45. The van der Waals surface area contributed by atoms with Gasteiger partial charge in [-0.15, -0.1) is 0 Å². The Morgan fingerprint density at radius 1 is 1.08 bits per heavy atom. The van der Waals surface area contributed by atoms with E-state index in [1.165, 1.54) is 42.7 Å². The van der Waals surface area contributed by atoms with Crippen molar-refractivity contribution in [3.8, 4) is 0 Å². The monoisotopic (exact) mass is 554 g/mol. The van der Waals surface area contributed by atoms with Gasteiger partial charge >= 0.3 is 0 Å². The summed E-state index contributed by atoms with van der Waals surface area (Å²) < 4.78 is 69.4. The third kappa shape index (κ3) is 4.25. The maximum Gasteiger partial charge on any atom is 0.238 e. The summed E-state index contributed by atoms with van der Waals surface area (Å²) in [5.74, 6) is -0.570. The highest BCUT2D eigenvalue weighted by Gasteiger charge is 2.55. The van der Waals surface area contributed by atoms with E-state index in [2.05, 4.69) is 10.3 Å². The van der Waals surface area contributed by atoms with Crippen molar-refractivity contribution >= 4 is 31.1 Å². The normalized spacial score (nSPS) is 19.6. The summed E-state index contributed by atoms with van der Waals surface area (Å²) in [6.07, 6.45) is 7.29. The van der Waals surface area contributed by atoms with Gasteiger partial charge in [-0.05, 0) is 67.4 Å². The second kappa shape index (κ2) is 9.73. The van der Waals surface area contributed by atoms with E-state index in [0.717, 1.165) is 5.56 Å². The van der Waals surface area contributed by atoms with Gasteiger partial charge in [0.1, 0.15) is 5.82 Å². The molecule has 8 nitrogen and oxygen atoms in total. The quantitative estimate of drug-likeness (QED) is 0.460. The first-order valence-corrected chi connectivity index (χ1v) is 15.0. The number of sulfonamides is 1. The highest BCUT2D eigenvalue weighted by atomic mass is 32.2. The Morgan fingerprint density at radius 3 is 2.55 bits per heavy atom. The molecule has 0 bridgehead atoms. The zero-order chi connectivity index (χ0) is 27.1. The second-order valence-electron chi connectivity index (χ2n) is 9.27. The maximum absolute atomic E-state index is 15.4. The number of aromatic nitrogens is 1. The molecule has 0 saturated heterocycles. The zero-order valence-electron chi connectivity index (χ0n) is 20.6. The predicted molar refractivity (Wildman–Crippen MR) is 144 cm³/mol. The van der Waals surface area contributed by atoms with Gasteiger partial charge in [0, 0.05) is 42.3 Å². The molecule has 0 spiro atoms. The molecule has 38 heavy (non-hydrogen) atoms. The van der Waals surface area contributed by atoms with E-state index in [9.17, 15) is 16.8 Å². The topological polar surface area (TPSA) is 122 Å². The third-order valence-electron chi connectivity index (χ3n) is 6.90. The number of benzene rings is 2. The second-order valence-corrected chi connectivity index (χ2v) is 12.9. The van der Waals surface area contributed by atoms with E-state index in [-0.39, 0.29) is 27.5 Å². The van der Waals surface area contributed by atoms with Crippen LogP contribution in [0.3, 0.4) is 0 Å². The predicted octanol–water partition coefficient (Wildman–Crippen LogP) is 3.03. The van der Waals surface area contributed by atoms with E-state index in [0.29, 0.717) is 30.6 Å². The summed E-state index contributed by atoms with van der Waals surface area (Å²) in [4.78, 5) is 3.64. The van der Waals surface area contributed by atoms with Crippen molar-refractivity contribution in [3.63, 3.8) is 0 Å². The molecule has 198 valence electrons. The van der Waals surface area contributed by atoms with E-state index in [4.69, 9.17) is 5.14 Å². The number of pyridine rings is 1. The largest absolute Gasteiger partial charge is 0.345 e. The van der Waals surface area contributed by atoms with Crippen LogP contribution in [-0.4, -0.2) is 46.8 Å². The molecule has 2 aliphatic rings. The number of rotatable bonds is 7. The highest BCUT2D eigenvalue weighted by molar-refractivity contribution is 7.93. The van der Waals surface area contributed by atoms with Crippen LogP contribution in [-0.2, 0) is 26.3 Å². The molecule has 11 heteroatoms. The van der Waals surface area contributed by atoms with Crippen LogP contribution in [0.1, 0.15) is 17.5 Å². The summed E-state index contributed by atoms with van der Waals surface area (Å²) in [5.41, 5.74) is 2.20. The smallest absolute Gasteiger partial charge is 0.238 e. The van der Waals surface area contributed by atoms with Crippen molar-refractivity contribution in [2.24, 2.45) is 5.14 Å². The lowest BCUT2D eigenvalue weighted by Crippen LogP contribution is -2.55. The summed E-state index contributed by atoms with van der Waals surface area (Å²) in [6, 6.07) is 13.5. The fraction of sp³-hybridized carbons (Fsp3) is 0.222. The molecule has 0 amide bonds. The van der Waals surface area contributed by atoms with Crippen LogP contribution in [0.15, 0.2) is 94.5 Å². The first-order valence-electron chi connectivity index (χ1n) is 12.0. The Morgan fingerprint density at radius 2 is 1.87 bits per heavy atom.